The lowest BCUT2D eigenvalue weighted by atomic mass is 9.68. The van der Waals surface area contributed by atoms with Crippen LogP contribution in [0, 0.1) is 50.2 Å². The molecule has 3 aliphatic heterocycles. The van der Waals surface area contributed by atoms with Crippen LogP contribution in [-0.4, -0.2) is 95.1 Å². The van der Waals surface area contributed by atoms with Crippen LogP contribution in [0.5, 0.6) is 0 Å². The Labute approximate surface area is 539 Å². The zero-order valence-corrected chi connectivity index (χ0v) is 56.8. The van der Waals surface area contributed by atoms with Crippen LogP contribution in [-0.2, 0) is 76.8 Å². The Morgan fingerprint density at radius 1 is 0.522 bits per heavy atom. The molecule has 3 amide bonds. The number of carbonyl (C=O) groups is 3. The van der Waals surface area contributed by atoms with E-state index < -0.39 is 20.6 Å². The molecule has 6 bridgehead atoms. The molecule has 6 heterocycles. The molecule has 6 aromatic rings. The molecular formula is C72H93N9O6S3. The monoisotopic (exact) mass is 1280 g/mol. The summed E-state index contributed by atoms with van der Waals surface area (Å²) in [5.74, 6) is 4.79. The van der Waals surface area contributed by atoms with Gasteiger partial charge in [0.1, 0.15) is 0 Å². The molecule has 6 saturated carbocycles. The number of nitrogens with one attached hydrogen (secondary N) is 3. The largest absolute Gasteiger partial charge is 0.347 e. The smallest absolute Gasteiger partial charge is 0.272 e. The number of nitrogens with zero attached hydrogens (tertiary/aromatic N) is 6. The molecule has 3 aromatic carbocycles. The number of hydrogen-bond acceptors (Lipinski definition) is 10. The maximum atomic E-state index is 13.5. The second-order valence-corrected chi connectivity index (χ2v) is 35.8. The van der Waals surface area contributed by atoms with Crippen molar-refractivity contribution in [3.8, 4) is 0 Å². The van der Waals surface area contributed by atoms with Gasteiger partial charge in [-0.1, -0.05) is 153 Å². The van der Waals surface area contributed by atoms with Crippen LogP contribution in [0.4, 0.5) is 0 Å². The van der Waals surface area contributed by atoms with Crippen molar-refractivity contribution in [2.24, 2.45) is 50.2 Å². The topological polar surface area (TPSA) is 192 Å². The molecule has 0 spiro atoms. The fraction of sp³-hybridized carbons (Fsp3) is 0.583. The highest BCUT2D eigenvalue weighted by molar-refractivity contribution is 7.98. The van der Waals surface area contributed by atoms with Gasteiger partial charge in [0.15, 0.2) is 26.9 Å². The number of aromatic nitrogens is 6. The van der Waals surface area contributed by atoms with E-state index in [1.165, 1.54) is 56.2 Å². The van der Waals surface area contributed by atoms with E-state index in [-0.39, 0.29) is 85.5 Å². The Morgan fingerprint density at radius 3 is 1.28 bits per heavy atom. The third-order valence-electron chi connectivity index (χ3n) is 23.9. The normalized spacial score (nSPS) is 30.4. The first-order valence-electron chi connectivity index (χ1n) is 33.2. The Hall–Kier alpha value is -5.85. The minimum Gasteiger partial charge on any atom is -0.347 e. The Kier molecular flexibility index (Phi) is 16.5. The predicted molar refractivity (Wildman–Crippen MR) is 356 cm³/mol. The van der Waals surface area contributed by atoms with Gasteiger partial charge in [0.2, 0.25) is 0 Å². The molecule has 15 rings (SSSR count). The molecule has 90 heavy (non-hydrogen) atoms. The summed E-state index contributed by atoms with van der Waals surface area (Å²) in [6, 6.07) is 31.0. The fourth-order valence-corrected chi connectivity index (χ4v) is 22.6. The standard InChI is InChI=1S/C24H31N3O3S.C24H31N3O2S.C24H31N3OS/c1-23(2)17-9-11-24(3,13-17)22(23)25-21(28)20-18-15-31(29,30)12-10-19(18)27(26-20)14-16-7-5-4-6-8-16;1-23(2)17-9-11-24(3,13-17)22(23)25-21(28)20-18-15-30(29)12-10-19(18)27(26-20)14-16-7-5-4-6-8-16;1-23(2)17-9-11-24(3,13-17)22(23)25-21(28)20-18-15-29-12-10-19(18)27(26-20)14-16-7-5-4-6-8-16/h4-8,17,22H,9-15H2,1-3H3,(H,25,28);4-8,17,22H,9-15H2,1-3H3,(H,25,28);4-8,17,22H,9-15H2,1-3H3,(H,25,28). The average Bonchev–Trinajstić information content (AvgIpc) is 1.61. The minimum absolute atomic E-state index is 0.0292. The number of benzene rings is 3. The molecular weight excluding hydrogens is 1180 g/mol. The van der Waals surface area contributed by atoms with Crippen LogP contribution >= 0.6 is 11.8 Å². The number of carbonyl (C=O) groups excluding carboxylic acids is 3. The quantitative estimate of drug-likeness (QED) is 0.106. The van der Waals surface area contributed by atoms with E-state index in [1.807, 2.05) is 75.7 Å². The molecule has 6 aliphatic carbocycles. The second-order valence-electron chi connectivity index (χ2n) is 30.9. The average molecular weight is 1280 g/mol. The molecule has 10 atom stereocenters. The van der Waals surface area contributed by atoms with Gasteiger partial charge in [-0.05, 0) is 137 Å². The predicted octanol–water partition coefficient (Wildman–Crippen LogP) is 11.7. The van der Waals surface area contributed by atoms with Gasteiger partial charge in [-0.2, -0.15) is 27.1 Å². The van der Waals surface area contributed by atoms with E-state index in [1.54, 1.807) is 0 Å². The highest BCUT2D eigenvalue weighted by Crippen LogP contribution is 2.64. The van der Waals surface area contributed by atoms with E-state index in [9.17, 15) is 27.0 Å². The highest BCUT2D eigenvalue weighted by Gasteiger charge is 2.62. The fourth-order valence-electron chi connectivity index (χ4n) is 19.0. The van der Waals surface area contributed by atoms with E-state index in [4.69, 9.17) is 10.2 Å². The van der Waals surface area contributed by atoms with Crippen molar-refractivity contribution < 1.29 is 27.0 Å². The number of fused-ring (bicyclic) bond motifs is 9. The van der Waals surface area contributed by atoms with Crippen molar-refractivity contribution in [3.05, 3.63) is 159 Å². The van der Waals surface area contributed by atoms with E-state index in [0.29, 0.717) is 66.2 Å². The van der Waals surface area contributed by atoms with Gasteiger partial charge in [0, 0.05) is 87.0 Å². The Bertz CT molecular complexity index is 3860. The van der Waals surface area contributed by atoms with Crippen molar-refractivity contribution >= 4 is 50.1 Å². The Morgan fingerprint density at radius 2 is 0.889 bits per heavy atom. The highest BCUT2D eigenvalue weighted by atomic mass is 32.2. The van der Waals surface area contributed by atoms with Gasteiger partial charge in [-0.25, -0.2) is 8.42 Å². The zero-order valence-electron chi connectivity index (χ0n) is 54.3. The van der Waals surface area contributed by atoms with Gasteiger partial charge in [0.05, 0.1) is 36.9 Å². The van der Waals surface area contributed by atoms with Gasteiger partial charge < -0.3 is 16.0 Å². The van der Waals surface area contributed by atoms with Crippen LogP contribution < -0.4 is 16.0 Å². The summed E-state index contributed by atoms with van der Waals surface area (Å²) in [6.07, 6.45) is 13.0. The molecule has 9 aliphatic rings. The Balaban J connectivity index is 0.000000124. The van der Waals surface area contributed by atoms with Gasteiger partial charge >= 0.3 is 0 Å². The number of amides is 3. The lowest BCUT2D eigenvalue weighted by Gasteiger charge is -2.43. The number of thioether (sulfide) groups is 1. The molecule has 3 N–H and O–H groups in total. The first-order valence-corrected chi connectivity index (χ1v) is 37.6. The maximum absolute atomic E-state index is 13.5. The van der Waals surface area contributed by atoms with E-state index >= 15 is 0 Å². The number of rotatable bonds is 12. The van der Waals surface area contributed by atoms with Crippen LogP contribution in [0.25, 0.3) is 0 Å². The third kappa shape index (κ3) is 11.6. The van der Waals surface area contributed by atoms with E-state index in [2.05, 4.69) is 124 Å². The van der Waals surface area contributed by atoms with Crippen LogP contribution in [0.3, 0.4) is 0 Å². The van der Waals surface area contributed by atoms with Crippen molar-refractivity contribution in [2.45, 2.75) is 194 Å². The first kappa shape index (κ1) is 62.9. The van der Waals surface area contributed by atoms with Gasteiger partial charge in [-0.3, -0.25) is 32.6 Å². The second kappa shape index (κ2) is 23.6. The lowest BCUT2D eigenvalue weighted by Crippen LogP contribution is -2.52. The number of sulfone groups is 1. The maximum Gasteiger partial charge on any atom is 0.272 e. The molecule has 0 radical (unpaired) electrons. The van der Waals surface area contributed by atoms with Crippen molar-refractivity contribution in [1.29, 1.82) is 0 Å². The van der Waals surface area contributed by atoms with Crippen molar-refractivity contribution in [2.75, 3.05) is 17.3 Å². The molecule has 480 valence electrons. The van der Waals surface area contributed by atoms with Gasteiger partial charge in [-0.15, -0.1) is 0 Å². The molecule has 18 heteroatoms. The number of hydrogen-bond donors (Lipinski definition) is 3. The minimum atomic E-state index is -3.22. The van der Waals surface area contributed by atoms with Crippen LogP contribution in [0.15, 0.2) is 91.0 Å². The third-order valence-corrected chi connectivity index (χ3v) is 27.7. The lowest BCUT2D eigenvalue weighted by molar-refractivity contribution is 0.0728. The van der Waals surface area contributed by atoms with Crippen LogP contribution in [0.2, 0.25) is 0 Å². The molecule has 15 nitrogen and oxygen atoms in total. The summed E-state index contributed by atoms with van der Waals surface area (Å²) in [7, 11) is -4.14. The SMILES string of the molecule is CC12CCC(C1)C(C)(C)C2NC(=O)c1nn(Cc2ccccc2)c2c1CS(=O)(=O)CC2.CC12CCC(C1)C(C)(C)C2NC(=O)c1nn(Cc2ccccc2)c2c1CS(=O)CC2.CC12CCC(C1)C(C)(C)C2NC(=O)c1nn(Cc2ccccc2)c2c1CSCC2. The molecule has 0 saturated heterocycles. The van der Waals surface area contributed by atoms with E-state index in [0.717, 1.165) is 76.9 Å². The first-order chi connectivity index (χ1) is 42.7. The van der Waals surface area contributed by atoms with Crippen molar-refractivity contribution in [1.82, 2.24) is 45.3 Å². The molecule has 3 aromatic heterocycles. The summed E-state index contributed by atoms with van der Waals surface area (Å²) in [6.45, 7) is 22.6. The molecule has 10 unspecified atom stereocenters. The summed E-state index contributed by atoms with van der Waals surface area (Å²) < 4.78 is 43.0. The summed E-state index contributed by atoms with van der Waals surface area (Å²) >= 11 is 1.91. The van der Waals surface area contributed by atoms with Crippen molar-refractivity contribution in [3.63, 3.8) is 0 Å². The zero-order chi connectivity index (χ0) is 63.3. The van der Waals surface area contributed by atoms with Crippen LogP contribution in [0.1, 0.15) is 202 Å². The summed E-state index contributed by atoms with van der Waals surface area (Å²) in [5, 5.41) is 24.4. The summed E-state index contributed by atoms with van der Waals surface area (Å²) in [4.78, 5) is 40.4. The van der Waals surface area contributed by atoms with Gasteiger partial charge in [0.25, 0.3) is 17.7 Å². The summed E-state index contributed by atoms with van der Waals surface area (Å²) in [5.41, 5.74) is 11.5. The molecule has 6 fully saturated rings.